The Kier molecular flexibility index (Phi) is 7.41. The second-order valence-corrected chi connectivity index (χ2v) is 7.30. The van der Waals surface area contributed by atoms with Crippen LogP contribution in [0.3, 0.4) is 0 Å². The number of benzene rings is 1. The van der Waals surface area contributed by atoms with E-state index in [1.165, 1.54) is 11.3 Å². The van der Waals surface area contributed by atoms with Crippen molar-refractivity contribution >= 4 is 27.3 Å². The molecule has 0 fully saturated rings. The maximum atomic E-state index is 8.00. The van der Waals surface area contributed by atoms with Crippen LogP contribution in [0, 0.1) is 12.1 Å². The molecule has 0 saturated carbocycles. The SMILES string of the molecule is [2H]c1nc(-c2[c-]cccc3cccnc3sc2)c([2H])c([2H])c1[2H].[Ir].[c-]1ccccc1C1=NC=CCC1. The van der Waals surface area contributed by atoms with Crippen molar-refractivity contribution in [1.29, 1.82) is 0 Å². The van der Waals surface area contributed by atoms with Crippen molar-refractivity contribution in [3.63, 3.8) is 0 Å². The summed E-state index contributed by atoms with van der Waals surface area (Å²) in [6.45, 7) is 0. The molecule has 4 heterocycles. The van der Waals surface area contributed by atoms with Gasteiger partial charge >= 0.3 is 0 Å². The van der Waals surface area contributed by atoms with Crippen LogP contribution in [0.4, 0.5) is 0 Å². The largest absolute Gasteiger partial charge is 0.309 e. The van der Waals surface area contributed by atoms with Crippen LogP contribution in [0.2, 0.25) is 0 Å². The number of hydrogen-bond acceptors (Lipinski definition) is 4. The summed E-state index contributed by atoms with van der Waals surface area (Å²) in [5.74, 6) is 0. The van der Waals surface area contributed by atoms with Gasteiger partial charge in [0.15, 0.2) is 0 Å². The third-order valence-corrected chi connectivity index (χ3v) is 5.24. The monoisotopic (exact) mass is 616 g/mol. The van der Waals surface area contributed by atoms with E-state index in [-0.39, 0.29) is 50.1 Å². The minimum atomic E-state index is -0.342. The Hall–Kier alpha value is -2.98. The Labute approximate surface area is 211 Å². The van der Waals surface area contributed by atoms with Crippen LogP contribution < -0.4 is 0 Å². The van der Waals surface area contributed by atoms with E-state index in [4.69, 9.17) is 5.48 Å². The van der Waals surface area contributed by atoms with Gasteiger partial charge in [-0.1, -0.05) is 35.7 Å². The van der Waals surface area contributed by atoms with Crippen LogP contribution in [0.15, 0.2) is 108 Å². The standard InChI is InChI=1S/C16H11N2S.C11H10N.Ir/c1-2-7-14(15-9-3-4-10-17-15)12-19-16-13(6-1)8-5-11-18-16;1-2-6-10(7-3-1)11-8-4-5-9-12-11;/h1-6,8-12H;1-3,5-6,9H,4,8H2;/q2*-1;/i3D,4D,9D,10D;;. The summed E-state index contributed by atoms with van der Waals surface area (Å²) < 4.78 is 31.0. The van der Waals surface area contributed by atoms with E-state index in [0.29, 0.717) is 5.56 Å². The van der Waals surface area contributed by atoms with Crippen LogP contribution in [0.5, 0.6) is 0 Å². The average molecular weight is 616 g/mol. The molecule has 1 aromatic carbocycles. The van der Waals surface area contributed by atoms with Gasteiger partial charge in [-0.25, -0.2) is 4.98 Å². The number of nitrogens with zero attached hydrogens (tertiary/aromatic N) is 3. The second kappa shape index (κ2) is 12.8. The zero-order valence-electron chi connectivity index (χ0n) is 21.0. The van der Waals surface area contributed by atoms with Crippen molar-refractivity contribution in [3.05, 3.63) is 120 Å². The molecule has 0 amide bonds. The van der Waals surface area contributed by atoms with E-state index in [9.17, 15) is 0 Å². The van der Waals surface area contributed by atoms with Gasteiger partial charge in [0.2, 0.25) is 0 Å². The second-order valence-electron chi connectivity index (χ2n) is 6.44. The molecule has 0 aliphatic carbocycles. The molecule has 5 heteroatoms. The molecule has 32 heavy (non-hydrogen) atoms. The van der Waals surface area contributed by atoms with Crippen molar-refractivity contribution in [2.45, 2.75) is 12.8 Å². The van der Waals surface area contributed by atoms with Crippen LogP contribution in [0.1, 0.15) is 23.9 Å². The van der Waals surface area contributed by atoms with Crippen molar-refractivity contribution in [3.8, 4) is 11.3 Å². The molecule has 3 aromatic heterocycles. The predicted molar refractivity (Wildman–Crippen MR) is 130 cm³/mol. The van der Waals surface area contributed by atoms with E-state index in [2.05, 4.69) is 39.2 Å². The van der Waals surface area contributed by atoms with Gasteiger partial charge < -0.3 is 9.98 Å². The number of aliphatic imine (C=N–C) groups is 1. The number of allylic oxidation sites excluding steroid dienone is 1. The van der Waals surface area contributed by atoms with Gasteiger partial charge in [0.05, 0.1) is 5.48 Å². The fourth-order valence-corrected chi connectivity index (χ4v) is 3.63. The van der Waals surface area contributed by atoms with Crippen LogP contribution >= 0.6 is 11.3 Å². The molecule has 3 nitrogen and oxygen atoms in total. The first-order chi connectivity index (χ1) is 17.0. The minimum absolute atomic E-state index is 0. The number of fused-ring (bicyclic) bond motifs is 1. The van der Waals surface area contributed by atoms with Gasteiger partial charge in [-0.2, -0.15) is 11.3 Å². The number of pyridine rings is 2. The maximum absolute atomic E-state index is 8.00. The molecule has 0 atom stereocenters. The van der Waals surface area contributed by atoms with Gasteiger partial charge in [0.25, 0.3) is 0 Å². The molecule has 0 N–H and O–H groups in total. The summed E-state index contributed by atoms with van der Waals surface area (Å²) in [6.07, 6.45) is 7.49. The van der Waals surface area contributed by atoms with Crippen LogP contribution in [0.25, 0.3) is 21.5 Å². The first-order valence-corrected chi connectivity index (χ1v) is 10.6. The Bertz CT molecular complexity index is 1450. The summed E-state index contributed by atoms with van der Waals surface area (Å²) in [5, 5.41) is 2.72. The first-order valence-electron chi connectivity index (χ1n) is 11.8. The molecule has 0 bridgehead atoms. The molecule has 1 aliphatic heterocycles. The number of hydrogen-bond donors (Lipinski definition) is 0. The summed E-state index contributed by atoms with van der Waals surface area (Å²) in [6, 6.07) is 22.6. The van der Waals surface area contributed by atoms with E-state index >= 15 is 0 Å². The van der Waals surface area contributed by atoms with Crippen molar-refractivity contribution < 1.29 is 25.6 Å². The molecule has 0 unspecified atom stereocenters. The molecule has 1 aliphatic rings. The maximum Gasteiger partial charge on any atom is 0.113 e. The number of rotatable bonds is 2. The third kappa shape index (κ3) is 6.76. The Morgan fingerprint density at radius 3 is 2.66 bits per heavy atom. The van der Waals surface area contributed by atoms with E-state index in [1.54, 1.807) is 17.6 Å². The fourth-order valence-electron chi connectivity index (χ4n) is 2.83. The summed E-state index contributed by atoms with van der Waals surface area (Å²) >= 11 is 1.36. The smallest absolute Gasteiger partial charge is 0.113 e. The Morgan fingerprint density at radius 2 is 1.81 bits per heavy atom. The topological polar surface area (TPSA) is 38.1 Å². The molecule has 161 valence electrons. The predicted octanol–water partition coefficient (Wildman–Crippen LogP) is 6.86. The molecule has 0 saturated heterocycles. The Morgan fingerprint density at radius 1 is 0.938 bits per heavy atom. The normalized spacial score (nSPS) is 13.7. The van der Waals surface area contributed by atoms with Gasteiger partial charge in [-0.3, -0.25) is 0 Å². The van der Waals surface area contributed by atoms with Gasteiger partial charge in [-0.15, -0.1) is 59.7 Å². The average Bonchev–Trinajstić information content (AvgIpc) is 3.01. The van der Waals surface area contributed by atoms with Crippen molar-refractivity contribution in [2.24, 2.45) is 4.99 Å². The van der Waals surface area contributed by atoms with Gasteiger partial charge in [-0.05, 0) is 36.4 Å². The zero-order valence-corrected chi connectivity index (χ0v) is 20.2. The van der Waals surface area contributed by atoms with Gasteiger partial charge in [0.1, 0.15) is 4.83 Å². The summed E-state index contributed by atoms with van der Waals surface area (Å²) in [5.41, 5.74) is 2.94. The first kappa shape index (κ1) is 18.6. The molecular formula is C27H21IrN3S-2. The molecule has 5 rings (SSSR count). The molecule has 4 aromatic rings. The number of aromatic nitrogens is 2. The summed E-state index contributed by atoms with van der Waals surface area (Å²) in [7, 11) is 0. The van der Waals surface area contributed by atoms with Crippen LogP contribution in [-0.4, -0.2) is 15.7 Å². The van der Waals surface area contributed by atoms with Crippen molar-refractivity contribution in [1.82, 2.24) is 9.97 Å². The van der Waals surface area contributed by atoms with Crippen LogP contribution in [-0.2, 0) is 20.1 Å². The van der Waals surface area contributed by atoms with E-state index in [1.807, 2.05) is 48.7 Å². The minimum Gasteiger partial charge on any atom is -0.309 e. The van der Waals surface area contributed by atoms with E-state index in [0.717, 1.165) is 34.3 Å². The molecule has 0 spiro atoms. The molecule has 1 radical (unpaired) electrons. The Balaban J connectivity index is 0.000000234. The molecular weight excluding hydrogens is 591 g/mol. The van der Waals surface area contributed by atoms with Gasteiger partial charge in [0, 0.05) is 44.1 Å². The fraction of sp³-hybridized carbons (Fsp3) is 0.0741. The quantitative estimate of drug-likeness (QED) is 0.231. The van der Waals surface area contributed by atoms with E-state index < -0.39 is 0 Å². The zero-order chi connectivity index (χ0) is 24.6. The van der Waals surface area contributed by atoms with Crippen molar-refractivity contribution in [2.75, 3.05) is 0 Å². The third-order valence-electron chi connectivity index (χ3n) is 4.33. The summed E-state index contributed by atoms with van der Waals surface area (Å²) in [4.78, 5) is 13.4.